The lowest BCUT2D eigenvalue weighted by atomic mass is 9.98. The van der Waals surface area contributed by atoms with Gasteiger partial charge in [-0.2, -0.15) is 0 Å². The van der Waals surface area contributed by atoms with Crippen LogP contribution in [0.1, 0.15) is 58.4 Å². The topological polar surface area (TPSA) is 94.5 Å². The number of hydrogen-bond acceptors (Lipinski definition) is 6. The van der Waals surface area contributed by atoms with E-state index in [-0.39, 0.29) is 5.92 Å². The van der Waals surface area contributed by atoms with Crippen LogP contribution in [0.25, 0.3) is 0 Å². The number of carbonyl (C=O) groups is 2. The van der Waals surface area contributed by atoms with Crippen LogP contribution in [0.3, 0.4) is 0 Å². The summed E-state index contributed by atoms with van der Waals surface area (Å²) < 4.78 is 22.4. The van der Waals surface area contributed by atoms with Gasteiger partial charge in [-0.05, 0) is 51.7 Å². The van der Waals surface area contributed by atoms with Gasteiger partial charge in [-0.1, -0.05) is 13.8 Å². The third-order valence-electron chi connectivity index (χ3n) is 4.82. The fourth-order valence-corrected chi connectivity index (χ4v) is 3.65. The maximum absolute atomic E-state index is 13.2. The summed E-state index contributed by atoms with van der Waals surface area (Å²) in [5.74, 6) is 0.0491. The molecule has 8 nitrogen and oxygen atoms in total. The molecule has 0 aliphatic carbocycles. The highest BCUT2D eigenvalue weighted by atomic mass is 16.6. The Morgan fingerprint density at radius 3 is 2.30 bits per heavy atom. The molecule has 8 heteroatoms. The summed E-state index contributed by atoms with van der Waals surface area (Å²) in [6, 6.07) is 2.79. The second kappa shape index (κ2) is 9.12. The van der Waals surface area contributed by atoms with Gasteiger partial charge in [0.15, 0.2) is 12.3 Å². The van der Waals surface area contributed by atoms with E-state index in [1.165, 1.54) is 12.0 Å². The molecule has 1 heterocycles. The van der Waals surface area contributed by atoms with Gasteiger partial charge in [0.25, 0.3) is 0 Å². The van der Waals surface area contributed by atoms with E-state index in [9.17, 15) is 14.7 Å². The Morgan fingerprint density at radius 2 is 1.83 bits per heavy atom. The van der Waals surface area contributed by atoms with Crippen molar-refractivity contribution in [2.45, 2.75) is 71.9 Å². The fraction of sp³-hybridized carbons (Fsp3) is 0.636. The monoisotopic (exact) mass is 423 g/mol. The van der Waals surface area contributed by atoms with Crippen LogP contribution in [0.4, 0.5) is 4.79 Å². The molecule has 30 heavy (non-hydrogen) atoms. The second-order valence-electron chi connectivity index (χ2n) is 8.89. The first-order valence-corrected chi connectivity index (χ1v) is 10.0. The molecule has 1 aliphatic rings. The van der Waals surface area contributed by atoms with E-state index in [2.05, 4.69) is 0 Å². The van der Waals surface area contributed by atoms with Crippen LogP contribution in [0.2, 0.25) is 0 Å². The minimum absolute atomic E-state index is 0.142. The van der Waals surface area contributed by atoms with E-state index in [0.717, 1.165) is 5.56 Å². The first-order valence-electron chi connectivity index (χ1n) is 10.0. The number of aliphatic carboxylic acids is 1. The van der Waals surface area contributed by atoms with Crippen molar-refractivity contribution < 1.29 is 33.6 Å². The van der Waals surface area contributed by atoms with Gasteiger partial charge < -0.3 is 24.1 Å². The van der Waals surface area contributed by atoms with Crippen molar-refractivity contribution in [2.24, 2.45) is 5.92 Å². The number of carboxylic acids is 1. The summed E-state index contributed by atoms with van der Waals surface area (Å²) in [5.41, 5.74) is 0.574. The molecule has 168 valence electrons. The Bertz CT molecular complexity index is 784. The van der Waals surface area contributed by atoms with Crippen LogP contribution >= 0.6 is 0 Å². The van der Waals surface area contributed by atoms with Gasteiger partial charge in [0.05, 0.1) is 20.3 Å². The second-order valence-corrected chi connectivity index (χ2v) is 8.89. The number of hydrogen-bond donors (Lipinski definition) is 1. The van der Waals surface area contributed by atoms with Crippen molar-refractivity contribution in [1.82, 2.24) is 4.90 Å². The largest absolute Gasteiger partial charge is 0.497 e. The van der Waals surface area contributed by atoms with E-state index >= 15 is 0 Å². The number of nitrogens with zero attached hydrogens (tertiary/aromatic N) is 1. The number of carbonyl (C=O) groups excluding carboxylic acids is 1. The van der Waals surface area contributed by atoms with Crippen LogP contribution in [-0.4, -0.2) is 54.0 Å². The van der Waals surface area contributed by atoms with Crippen LogP contribution in [0.5, 0.6) is 11.5 Å². The quantitative estimate of drug-likeness (QED) is 0.734. The van der Waals surface area contributed by atoms with Gasteiger partial charge in [-0.25, -0.2) is 9.59 Å². The fourth-order valence-electron chi connectivity index (χ4n) is 3.65. The van der Waals surface area contributed by atoms with E-state index in [1.807, 2.05) is 20.8 Å². The normalized spacial score (nSPS) is 21.6. The maximum atomic E-state index is 13.2. The van der Waals surface area contributed by atoms with Gasteiger partial charge in [0, 0.05) is 11.6 Å². The van der Waals surface area contributed by atoms with Crippen LogP contribution < -0.4 is 9.47 Å². The first kappa shape index (κ1) is 23.8. The van der Waals surface area contributed by atoms with E-state index < -0.39 is 36.0 Å². The molecular weight excluding hydrogens is 390 g/mol. The SMILES string of the molecule is COc1cc(C)c(C2O[C@@H](C(=O)O)[C@H](CC(C)C)N2C(=O)OC(C)(C)C)c(OC)c1. The number of ether oxygens (including phenoxy) is 4. The van der Waals surface area contributed by atoms with Gasteiger partial charge in [0.2, 0.25) is 0 Å². The van der Waals surface area contributed by atoms with Crippen LogP contribution in [-0.2, 0) is 14.3 Å². The van der Waals surface area contributed by atoms with Gasteiger partial charge in [-0.3, -0.25) is 4.90 Å². The third-order valence-corrected chi connectivity index (χ3v) is 4.82. The number of benzene rings is 1. The molecule has 0 saturated carbocycles. The predicted molar refractivity (Wildman–Crippen MR) is 111 cm³/mol. The first-order chi connectivity index (χ1) is 13.9. The molecule has 1 amide bonds. The number of aryl methyl sites for hydroxylation is 1. The Balaban J connectivity index is 2.63. The summed E-state index contributed by atoms with van der Waals surface area (Å²) in [6.07, 6.45) is -2.33. The number of carboxylic acid groups (broad SMARTS) is 1. The minimum atomic E-state index is -1.18. The molecule has 1 aromatic carbocycles. The van der Waals surface area contributed by atoms with E-state index in [1.54, 1.807) is 40.0 Å². The zero-order valence-electron chi connectivity index (χ0n) is 19.0. The van der Waals surface area contributed by atoms with Crippen LogP contribution in [0.15, 0.2) is 12.1 Å². The number of amides is 1. The summed E-state index contributed by atoms with van der Waals surface area (Å²) in [5, 5.41) is 9.82. The minimum Gasteiger partial charge on any atom is -0.497 e. The van der Waals surface area contributed by atoms with Gasteiger partial charge in [0.1, 0.15) is 17.1 Å². The summed E-state index contributed by atoms with van der Waals surface area (Å²) in [7, 11) is 3.05. The summed E-state index contributed by atoms with van der Waals surface area (Å²) in [4.78, 5) is 26.6. The van der Waals surface area contributed by atoms with Gasteiger partial charge in [-0.15, -0.1) is 0 Å². The molecule has 1 unspecified atom stereocenters. The Labute approximate surface area is 178 Å². The van der Waals surface area contributed by atoms with E-state index in [4.69, 9.17) is 18.9 Å². The lowest BCUT2D eigenvalue weighted by Crippen LogP contribution is -2.45. The molecule has 1 fully saturated rings. The third kappa shape index (κ3) is 5.16. The molecule has 2 rings (SSSR count). The molecular formula is C22H33NO7. The van der Waals surface area contributed by atoms with Crippen LogP contribution in [0, 0.1) is 12.8 Å². The average Bonchev–Trinajstić information content (AvgIpc) is 2.97. The molecule has 0 bridgehead atoms. The molecule has 0 aromatic heterocycles. The molecule has 1 aromatic rings. The van der Waals surface area contributed by atoms with Gasteiger partial charge >= 0.3 is 12.1 Å². The van der Waals surface area contributed by atoms with Crippen molar-refractivity contribution in [3.05, 3.63) is 23.3 Å². The van der Waals surface area contributed by atoms with Crippen molar-refractivity contribution in [3.8, 4) is 11.5 Å². The number of methoxy groups -OCH3 is 2. The highest BCUT2D eigenvalue weighted by Crippen LogP contribution is 2.44. The predicted octanol–water partition coefficient (Wildman–Crippen LogP) is 4.15. The zero-order chi connectivity index (χ0) is 22.8. The van der Waals surface area contributed by atoms with Crippen molar-refractivity contribution >= 4 is 12.1 Å². The lowest BCUT2D eigenvalue weighted by Gasteiger charge is -2.33. The molecule has 3 atom stereocenters. The number of rotatable bonds is 6. The standard InChI is InChI=1S/C22H33NO7/c1-12(2)9-15-18(20(24)25)29-19(23(15)21(26)30-22(4,5)6)17-13(3)10-14(27-7)11-16(17)28-8/h10-12,15,18-19H,9H2,1-8H3,(H,24,25)/t15-,18+,19?/m0/s1. The van der Waals surface area contributed by atoms with Crippen molar-refractivity contribution in [1.29, 1.82) is 0 Å². The average molecular weight is 424 g/mol. The molecule has 1 aliphatic heterocycles. The van der Waals surface area contributed by atoms with Crippen molar-refractivity contribution in [3.63, 3.8) is 0 Å². The molecule has 0 spiro atoms. The summed E-state index contributed by atoms with van der Waals surface area (Å²) in [6.45, 7) is 11.1. The van der Waals surface area contributed by atoms with Crippen molar-refractivity contribution in [2.75, 3.05) is 14.2 Å². The highest BCUT2D eigenvalue weighted by molar-refractivity contribution is 5.77. The molecule has 1 saturated heterocycles. The summed E-state index contributed by atoms with van der Waals surface area (Å²) >= 11 is 0. The lowest BCUT2D eigenvalue weighted by molar-refractivity contribution is -0.150. The zero-order valence-corrected chi connectivity index (χ0v) is 19.0. The molecule has 1 N–H and O–H groups in total. The highest BCUT2D eigenvalue weighted by Gasteiger charge is 2.51. The Morgan fingerprint density at radius 1 is 1.20 bits per heavy atom. The Kier molecular flexibility index (Phi) is 7.23. The van der Waals surface area contributed by atoms with E-state index in [0.29, 0.717) is 23.5 Å². The smallest absolute Gasteiger partial charge is 0.413 e. The maximum Gasteiger partial charge on any atom is 0.413 e. The molecule has 0 radical (unpaired) electrons. The Hall–Kier alpha value is -2.48.